The molecule has 0 radical (unpaired) electrons. The lowest BCUT2D eigenvalue weighted by molar-refractivity contribution is -0.121. The number of carboxylic acids is 1. The number of imide groups is 1. The van der Waals surface area contributed by atoms with Gasteiger partial charge in [-0.2, -0.15) is 0 Å². The van der Waals surface area contributed by atoms with Gasteiger partial charge in [0.2, 0.25) is 11.8 Å². The second-order valence-corrected chi connectivity index (χ2v) is 3.63. The van der Waals surface area contributed by atoms with Gasteiger partial charge in [0, 0.05) is 19.0 Å². The lowest BCUT2D eigenvalue weighted by atomic mass is 10.2. The van der Waals surface area contributed by atoms with Gasteiger partial charge in [0.1, 0.15) is 5.56 Å². The molecular formula is C10H10N4O4. The summed E-state index contributed by atoms with van der Waals surface area (Å²) in [4.78, 5) is 38.9. The summed E-state index contributed by atoms with van der Waals surface area (Å²) in [6.45, 7) is 0. The quantitative estimate of drug-likeness (QED) is 0.382. The van der Waals surface area contributed by atoms with E-state index in [0.717, 1.165) is 4.90 Å². The Hall–Kier alpha value is -2.48. The number of aromatic carboxylic acids is 1. The molecule has 0 aliphatic carbocycles. The number of carbonyl (C=O) groups is 3. The highest BCUT2D eigenvalue weighted by atomic mass is 16.4. The van der Waals surface area contributed by atoms with Crippen molar-refractivity contribution in [3.8, 4) is 0 Å². The number of anilines is 2. The number of hydrogen-bond acceptors (Lipinski definition) is 6. The van der Waals surface area contributed by atoms with Gasteiger partial charge >= 0.3 is 5.97 Å². The van der Waals surface area contributed by atoms with Crippen molar-refractivity contribution in [3.63, 3.8) is 0 Å². The SMILES string of the molecule is NNc1ccnc(N2C(=O)CCC2=O)c1C(=O)O. The number of hydrogen-bond donors (Lipinski definition) is 3. The molecule has 1 fully saturated rings. The summed E-state index contributed by atoms with van der Waals surface area (Å²) < 4.78 is 0. The van der Waals surface area contributed by atoms with E-state index in [1.54, 1.807) is 0 Å². The summed E-state index contributed by atoms with van der Waals surface area (Å²) in [7, 11) is 0. The number of rotatable bonds is 3. The van der Waals surface area contributed by atoms with Crippen LogP contribution in [0.2, 0.25) is 0 Å². The fraction of sp³-hybridized carbons (Fsp3) is 0.200. The molecule has 1 aliphatic heterocycles. The normalized spacial score (nSPS) is 15.1. The molecule has 2 rings (SSSR count). The summed E-state index contributed by atoms with van der Waals surface area (Å²) in [5, 5.41) is 9.13. The van der Waals surface area contributed by atoms with E-state index in [1.807, 2.05) is 0 Å². The monoisotopic (exact) mass is 250 g/mol. The third kappa shape index (κ3) is 1.78. The molecule has 1 aromatic heterocycles. The number of aromatic nitrogens is 1. The first-order chi connectivity index (χ1) is 8.56. The molecule has 0 bridgehead atoms. The molecule has 2 amide bonds. The summed E-state index contributed by atoms with van der Waals surface area (Å²) in [6.07, 6.45) is 1.38. The van der Waals surface area contributed by atoms with Crippen LogP contribution in [0, 0.1) is 0 Å². The van der Waals surface area contributed by atoms with Gasteiger partial charge in [-0.15, -0.1) is 0 Å². The maximum Gasteiger partial charge on any atom is 0.341 e. The Morgan fingerprint density at radius 2 is 2.00 bits per heavy atom. The van der Waals surface area contributed by atoms with Gasteiger partial charge in [-0.25, -0.2) is 14.7 Å². The summed E-state index contributed by atoms with van der Waals surface area (Å²) in [5.74, 6) is 2.74. The van der Waals surface area contributed by atoms with Crippen LogP contribution in [0.5, 0.6) is 0 Å². The van der Waals surface area contributed by atoms with Crippen LogP contribution in [-0.4, -0.2) is 27.9 Å². The van der Waals surface area contributed by atoms with Gasteiger partial charge in [0.05, 0.1) is 5.69 Å². The highest BCUT2D eigenvalue weighted by Crippen LogP contribution is 2.28. The van der Waals surface area contributed by atoms with E-state index in [-0.39, 0.29) is 29.9 Å². The third-order valence-corrected chi connectivity index (χ3v) is 2.56. The molecule has 0 saturated carbocycles. The highest BCUT2D eigenvalue weighted by Gasteiger charge is 2.35. The smallest absolute Gasteiger partial charge is 0.341 e. The van der Waals surface area contributed by atoms with Crippen molar-refractivity contribution in [2.24, 2.45) is 5.84 Å². The zero-order chi connectivity index (χ0) is 13.3. The van der Waals surface area contributed by atoms with Gasteiger partial charge in [-0.3, -0.25) is 15.4 Å². The van der Waals surface area contributed by atoms with Crippen LogP contribution in [0.4, 0.5) is 11.5 Å². The van der Waals surface area contributed by atoms with Crippen molar-refractivity contribution in [1.29, 1.82) is 0 Å². The van der Waals surface area contributed by atoms with Crippen molar-refractivity contribution in [3.05, 3.63) is 17.8 Å². The van der Waals surface area contributed by atoms with Gasteiger partial charge in [-0.1, -0.05) is 0 Å². The van der Waals surface area contributed by atoms with E-state index in [0.29, 0.717) is 0 Å². The van der Waals surface area contributed by atoms with Crippen molar-refractivity contribution in [2.45, 2.75) is 12.8 Å². The molecule has 2 heterocycles. The standard InChI is InChI=1S/C10H10N4O4/c11-13-5-3-4-12-9(8(5)10(17)18)14-6(15)1-2-7(14)16/h3-4H,1-2,11H2,(H,12,13)(H,17,18). The molecule has 1 saturated heterocycles. The molecule has 1 aromatic rings. The summed E-state index contributed by atoms with van der Waals surface area (Å²) in [5.41, 5.74) is 1.98. The van der Waals surface area contributed by atoms with Crippen molar-refractivity contribution < 1.29 is 19.5 Å². The van der Waals surface area contributed by atoms with Crippen LogP contribution in [-0.2, 0) is 9.59 Å². The van der Waals surface area contributed by atoms with Gasteiger partial charge in [0.15, 0.2) is 5.82 Å². The zero-order valence-electron chi connectivity index (χ0n) is 9.21. The Morgan fingerprint density at radius 3 is 2.50 bits per heavy atom. The topological polar surface area (TPSA) is 126 Å². The minimum atomic E-state index is -1.32. The molecule has 94 valence electrons. The summed E-state index contributed by atoms with van der Waals surface area (Å²) in [6, 6.07) is 1.35. The van der Waals surface area contributed by atoms with E-state index in [9.17, 15) is 14.4 Å². The van der Waals surface area contributed by atoms with Gasteiger partial charge in [-0.05, 0) is 6.07 Å². The fourth-order valence-corrected chi connectivity index (χ4v) is 1.76. The van der Waals surface area contributed by atoms with Crippen LogP contribution in [0.15, 0.2) is 12.3 Å². The average Bonchev–Trinajstić information content (AvgIpc) is 2.67. The fourth-order valence-electron chi connectivity index (χ4n) is 1.76. The lowest BCUT2D eigenvalue weighted by Crippen LogP contribution is -2.31. The molecule has 1 aliphatic rings. The number of carbonyl (C=O) groups excluding carboxylic acids is 2. The van der Waals surface area contributed by atoms with Crippen molar-refractivity contribution in [2.75, 3.05) is 10.3 Å². The maximum atomic E-state index is 11.6. The Morgan fingerprint density at radius 1 is 1.39 bits per heavy atom. The first-order valence-electron chi connectivity index (χ1n) is 5.11. The number of nitrogens with two attached hydrogens (primary N) is 1. The Balaban J connectivity index is 2.60. The molecule has 8 heteroatoms. The van der Waals surface area contributed by atoms with Crippen molar-refractivity contribution in [1.82, 2.24) is 4.98 Å². The highest BCUT2D eigenvalue weighted by molar-refractivity contribution is 6.21. The van der Waals surface area contributed by atoms with Gasteiger partial charge < -0.3 is 10.5 Å². The Bertz CT molecular complexity index is 527. The number of carboxylic acid groups (broad SMARTS) is 1. The number of nitrogens with zero attached hydrogens (tertiary/aromatic N) is 2. The molecule has 0 aromatic carbocycles. The van der Waals surface area contributed by atoms with Crippen LogP contribution < -0.4 is 16.2 Å². The maximum absolute atomic E-state index is 11.6. The molecule has 0 atom stereocenters. The van der Waals surface area contributed by atoms with E-state index >= 15 is 0 Å². The molecule has 0 spiro atoms. The molecule has 4 N–H and O–H groups in total. The number of nitrogen functional groups attached to an aromatic ring is 1. The zero-order valence-corrected chi connectivity index (χ0v) is 9.21. The van der Waals surface area contributed by atoms with Crippen LogP contribution in [0.1, 0.15) is 23.2 Å². The minimum absolute atomic E-state index is 0.0554. The molecule has 18 heavy (non-hydrogen) atoms. The first kappa shape index (κ1) is 12.0. The number of nitrogens with one attached hydrogen (secondary N) is 1. The van der Waals surface area contributed by atoms with Crippen LogP contribution in [0.3, 0.4) is 0 Å². The van der Waals surface area contributed by atoms with E-state index in [4.69, 9.17) is 10.9 Å². The second kappa shape index (κ2) is 4.41. The van der Waals surface area contributed by atoms with Crippen LogP contribution >= 0.6 is 0 Å². The van der Waals surface area contributed by atoms with Crippen LogP contribution in [0.25, 0.3) is 0 Å². The summed E-state index contributed by atoms with van der Waals surface area (Å²) >= 11 is 0. The number of pyridine rings is 1. The third-order valence-electron chi connectivity index (χ3n) is 2.56. The predicted octanol–water partition coefficient (Wildman–Crippen LogP) is -0.281. The van der Waals surface area contributed by atoms with E-state index in [2.05, 4.69) is 10.4 Å². The second-order valence-electron chi connectivity index (χ2n) is 3.63. The largest absolute Gasteiger partial charge is 0.477 e. The Labute approximate surface area is 101 Å². The van der Waals surface area contributed by atoms with E-state index in [1.165, 1.54) is 12.3 Å². The predicted molar refractivity (Wildman–Crippen MR) is 60.7 cm³/mol. The lowest BCUT2D eigenvalue weighted by Gasteiger charge is -2.16. The van der Waals surface area contributed by atoms with E-state index < -0.39 is 17.8 Å². The molecule has 8 nitrogen and oxygen atoms in total. The first-order valence-corrected chi connectivity index (χ1v) is 5.11. The molecule has 0 unspecified atom stereocenters. The minimum Gasteiger partial charge on any atom is -0.477 e. The molecular weight excluding hydrogens is 240 g/mol. The number of amides is 2. The van der Waals surface area contributed by atoms with Crippen molar-refractivity contribution >= 4 is 29.3 Å². The average molecular weight is 250 g/mol. The van der Waals surface area contributed by atoms with Gasteiger partial charge in [0.25, 0.3) is 0 Å². The number of hydrazine groups is 1. The Kier molecular flexibility index (Phi) is 2.94.